The Labute approximate surface area is 132 Å². The number of aromatic nitrogens is 1. The summed E-state index contributed by atoms with van der Waals surface area (Å²) in [7, 11) is 0. The van der Waals surface area contributed by atoms with Crippen molar-refractivity contribution in [3.05, 3.63) is 40.2 Å². The summed E-state index contributed by atoms with van der Waals surface area (Å²) in [6.07, 6.45) is 2.26. The minimum Gasteiger partial charge on any atom is -0.480 e. The fourth-order valence-electron chi connectivity index (χ4n) is 2.39. The number of pyridine rings is 1. The van der Waals surface area contributed by atoms with Gasteiger partial charge in [0.05, 0.1) is 10.9 Å². The lowest BCUT2D eigenvalue weighted by atomic mass is 10.1. The molecule has 0 aliphatic rings. The number of carbonyl (C=O) groups excluding carboxylic acids is 1. The van der Waals surface area contributed by atoms with Gasteiger partial charge in [-0.25, -0.2) is 0 Å². The van der Waals surface area contributed by atoms with E-state index in [0.717, 1.165) is 6.42 Å². The van der Waals surface area contributed by atoms with Crippen LogP contribution in [0.3, 0.4) is 0 Å². The van der Waals surface area contributed by atoms with E-state index in [4.69, 9.17) is 10.8 Å². The minimum absolute atomic E-state index is 0.114. The van der Waals surface area contributed by atoms with Gasteiger partial charge in [-0.1, -0.05) is 13.0 Å². The molecule has 0 aliphatic heterocycles. The molecule has 1 heterocycles. The summed E-state index contributed by atoms with van der Waals surface area (Å²) in [5, 5.41) is 11.5. The van der Waals surface area contributed by atoms with Crippen LogP contribution in [0, 0.1) is 0 Å². The Morgan fingerprint density at radius 3 is 2.70 bits per heavy atom. The summed E-state index contributed by atoms with van der Waals surface area (Å²) in [4.78, 5) is 35.7. The van der Waals surface area contributed by atoms with Crippen molar-refractivity contribution in [2.45, 2.75) is 32.9 Å². The maximum Gasteiger partial charge on any atom is 0.325 e. The second-order valence-corrected chi connectivity index (χ2v) is 5.34. The molecular formula is C16H19N3O4. The minimum atomic E-state index is -1.17. The second-order valence-electron chi connectivity index (χ2n) is 5.34. The molecule has 4 N–H and O–H groups in total. The first-order valence-corrected chi connectivity index (χ1v) is 7.32. The third kappa shape index (κ3) is 3.18. The number of anilines is 1. The molecular weight excluding hydrogens is 298 g/mol. The quantitative estimate of drug-likeness (QED) is 0.717. The highest BCUT2D eigenvalue weighted by atomic mass is 16.4. The highest BCUT2D eigenvalue weighted by molar-refractivity contribution is 6.01. The monoisotopic (exact) mass is 317 g/mol. The van der Waals surface area contributed by atoms with Gasteiger partial charge in [0.1, 0.15) is 11.6 Å². The number of fused-ring (bicyclic) bond motifs is 1. The number of carbonyl (C=O) groups is 2. The topological polar surface area (TPSA) is 114 Å². The lowest BCUT2D eigenvalue weighted by Gasteiger charge is -2.15. The Bertz CT molecular complexity index is 826. The van der Waals surface area contributed by atoms with Crippen LogP contribution in [0.4, 0.5) is 5.69 Å². The molecule has 1 amide bonds. The van der Waals surface area contributed by atoms with Gasteiger partial charge in [-0.05, 0) is 25.5 Å². The van der Waals surface area contributed by atoms with E-state index in [-0.39, 0.29) is 10.9 Å². The normalized spacial score (nSPS) is 12.1. The number of hydrogen-bond acceptors (Lipinski definition) is 4. The molecule has 1 aromatic carbocycles. The lowest BCUT2D eigenvalue weighted by Crippen LogP contribution is -2.40. The number of benzene rings is 1. The number of amides is 1. The molecule has 0 spiro atoms. The zero-order valence-electron chi connectivity index (χ0n) is 13.0. The van der Waals surface area contributed by atoms with Gasteiger partial charge in [0.25, 0.3) is 5.91 Å². The fraction of sp³-hybridized carbons (Fsp3) is 0.312. The Balaban J connectivity index is 2.63. The molecule has 7 nitrogen and oxygen atoms in total. The van der Waals surface area contributed by atoms with E-state index in [0.29, 0.717) is 17.7 Å². The molecule has 122 valence electrons. The Morgan fingerprint density at radius 2 is 2.09 bits per heavy atom. The lowest BCUT2D eigenvalue weighted by molar-refractivity contribution is -0.138. The maximum absolute atomic E-state index is 12.6. The largest absolute Gasteiger partial charge is 0.480 e. The van der Waals surface area contributed by atoms with Crippen molar-refractivity contribution < 1.29 is 14.7 Å². The van der Waals surface area contributed by atoms with E-state index in [1.165, 1.54) is 13.1 Å². The summed E-state index contributed by atoms with van der Waals surface area (Å²) in [6.45, 7) is 3.91. The number of hydrogen-bond donors (Lipinski definition) is 3. The summed E-state index contributed by atoms with van der Waals surface area (Å²) in [6, 6.07) is 4.02. The zero-order valence-corrected chi connectivity index (χ0v) is 13.0. The number of aryl methyl sites for hydroxylation is 1. The van der Waals surface area contributed by atoms with Crippen molar-refractivity contribution >= 4 is 28.5 Å². The number of nitrogen functional groups attached to an aromatic ring is 1. The predicted molar refractivity (Wildman–Crippen MR) is 87.5 cm³/mol. The SMILES string of the molecule is CCCn1cc(C(=O)NC(C)C(=O)O)c(=O)c2c(N)cccc21. The van der Waals surface area contributed by atoms with Gasteiger partial charge in [-0.15, -0.1) is 0 Å². The standard InChI is InChI=1S/C16H19N3O4/c1-3-7-19-8-10(15(21)18-9(2)16(22)23)14(20)13-11(17)5-4-6-12(13)19/h4-6,8-9H,3,7,17H2,1-2H3,(H,18,21)(H,22,23). The molecule has 1 unspecified atom stereocenters. The van der Waals surface area contributed by atoms with Crippen molar-refractivity contribution in [2.75, 3.05) is 5.73 Å². The average Bonchev–Trinajstić information content (AvgIpc) is 2.49. The molecule has 23 heavy (non-hydrogen) atoms. The predicted octanol–water partition coefficient (Wildman–Crippen LogP) is 1.20. The van der Waals surface area contributed by atoms with E-state index in [1.54, 1.807) is 22.8 Å². The third-order valence-corrected chi connectivity index (χ3v) is 3.57. The van der Waals surface area contributed by atoms with Crippen LogP contribution in [0.2, 0.25) is 0 Å². The Kier molecular flexibility index (Phi) is 4.68. The van der Waals surface area contributed by atoms with Crippen LogP contribution in [0.5, 0.6) is 0 Å². The van der Waals surface area contributed by atoms with Gasteiger partial charge in [0.15, 0.2) is 0 Å². The molecule has 7 heteroatoms. The first-order chi connectivity index (χ1) is 10.9. The highest BCUT2D eigenvalue weighted by Crippen LogP contribution is 2.18. The van der Waals surface area contributed by atoms with E-state index in [2.05, 4.69) is 5.32 Å². The Morgan fingerprint density at radius 1 is 1.39 bits per heavy atom. The van der Waals surface area contributed by atoms with E-state index in [9.17, 15) is 14.4 Å². The van der Waals surface area contributed by atoms with Crippen LogP contribution in [0.25, 0.3) is 10.9 Å². The van der Waals surface area contributed by atoms with Crippen molar-refractivity contribution in [3.8, 4) is 0 Å². The molecule has 0 aliphatic carbocycles. The molecule has 1 atom stereocenters. The van der Waals surface area contributed by atoms with Crippen LogP contribution in [-0.4, -0.2) is 27.6 Å². The van der Waals surface area contributed by atoms with Crippen molar-refractivity contribution in [2.24, 2.45) is 0 Å². The molecule has 0 saturated carbocycles. The number of carboxylic acid groups (broad SMARTS) is 1. The van der Waals surface area contributed by atoms with Crippen molar-refractivity contribution in [3.63, 3.8) is 0 Å². The van der Waals surface area contributed by atoms with Crippen LogP contribution >= 0.6 is 0 Å². The number of nitrogens with one attached hydrogen (secondary N) is 1. The van der Waals surface area contributed by atoms with E-state index < -0.39 is 23.3 Å². The fourth-order valence-corrected chi connectivity index (χ4v) is 2.39. The van der Waals surface area contributed by atoms with Crippen molar-refractivity contribution in [1.82, 2.24) is 9.88 Å². The summed E-state index contributed by atoms with van der Waals surface area (Å²) in [5.41, 5.74) is 6.23. The maximum atomic E-state index is 12.6. The first kappa shape index (κ1) is 16.5. The van der Waals surface area contributed by atoms with Gasteiger partial charge in [0, 0.05) is 18.4 Å². The molecule has 0 fully saturated rings. The third-order valence-electron chi connectivity index (χ3n) is 3.57. The number of aliphatic carboxylic acids is 1. The van der Waals surface area contributed by atoms with E-state index >= 15 is 0 Å². The zero-order chi connectivity index (χ0) is 17.1. The smallest absolute Gasteiger partial charge is 0.325 e. The molecule has 1 aromatic heterocycles. The van der Waals surface area contributed by atoms with Crippen molar-refractivity contribution in [1.29, 1.82) is 0 Å². The molecule has 2 rings (SSSR count). The second kappa shape index (κ2) is 6.51. The Hall–Kier alpha value is -2.83. The molecule has 0 bridgehead atoms. The number of rotatable bonds is 5. The van der Waals surface area contributed by atoms with E-state index in [1.807, 2.05) is 6.92 Å². The van der Waals surface area contributed by atoms with Gasteiger partial charge < -0.3 is 20.7 Å². The summed E-state index contributed by atoms with van der Waals surface area (Å²) >= 11 is 0. The van der Waals surface area contributed by atoms with Gasteiger partial charge >= 0.3 is 5.97 Å². The van der Waals surface area contributed by atoms with Crippen LogP contribution in [0.1, 0.15) is 30.6 Å². The van der Waals surface area contributed by atoms with Gasteiger partial charge in [-0.2, -0.15) is 0 Å². The van der Waals surface area contributed by atoms with Gasteiger partial charge in [0.2, 0.25) is 5.43 Å². The first-order valence-electron chi connectivity index (χ1n) is 7.32. The number of nitrogens with zero attached hydrogens (tertiary/aromatic N) is 1. The molecule has 2 aromatic rings. The molecule has 0 saturated heterocycles. The summed E-state index contributed by atoms with van der Waals surface area (Å²) < 4.78 is 1.79. The highest BCUT2D eigenvalue weighted by Gasteiger charge is 2.20. The average molecular weight is 317 g/mol. The van der Waals surface area contributed by atoms with Crippen LogP contribution in [-0.2, 0) is 11.3 Å². The van der Waals surface area contributed by atoms with Gasteiger partial charge in [-0.3, -0.25) is 14.4 Å². The summed E-state index contributed by atoms with van der Waals surface area (Å²) in [5.74, 6) is -1.90. The van der Waals surface area contributed by atoms with Crippen LogP contribution < -0.4 is 16.5 Å². The number of nitrogens with two attached hydrogens (primary N) is 1. The van der Waals surface area contributed by atoms with Crippen LogP contribution in [0.15, 0.2) is 29.2 Å². The number of carboxylic acids is 1. The molecule has 0 radical (unpaired) electrons.